The number of nitrogens with two attached hydrogens (primary N) is 1. The molecule has 118 valence electrons. The van der Waals surface area contributed by atoms with E-state index >= 15 is 0 Å². The van der Waals surface area contributed by atoms with E-state index in [0.29, 0.717) is 24.3 Å². The van der Waals surface area contributed by atoms with Gasteiger partial charge in [-0.3, -0.25) is 4.79 Å². The minimum Gasteiger partial charge on any atom is -0.385 e. The van der Waals surface area contributed by atoms with Crippen molar-refractivity contribution in [1.29, 1.82) is 0 Å². The first-order valence-electron chi connectivity index (χ1n) is 6.67. The van der Waals surface area contributed by atoms with Gasteiger partial charge in [-0.2, -0.15) is 0 Å². The van der Waals surface area contributed by atoms with Gasteiger partial charge in [0.25, 0.3) is 5.91 Å². The molecule has 1 fully saturated rings. The molecule has 0 spiro atoms. The Morgan fingerprint density at radius 2 is 2.19 bits per heavy atom. The van der Waals surface area contributed by atoms with Crippen LogP contribution in [0.25, 0.3) is 0 Å². The number of carbonyl (C=O) groups is 1. The summed E-state index contributed by atoms with van der Waals surface area (Å²) in [6.45, 7) is 2.88. The molecule has 1 aliphatic carbocycles. The monoisotopic (exact) mass is 332 g/mol. The second kappa shape index (κ2) is 6.04. The molecular formula is C13H20N2O4S2. The summed E-state index contributed by atoms with van der Waals surface area (Å²) in [4.78, 5) is 12.2. The van der Waals surface area contributed by atoms with E-state index in [4.69, 9.17) is 9.88 Å². The van der Waals surface area contributed by atoms with Gasteiger partial charge >= 0.3 is 0 Å². The summed E-state index contributed by atoms with van der Waals surface area (Å²) < 4.78 is 27.9. The van der Waals surface area contributed by atoms with E-state index < -0.39 is 10.0 Å². The van der Waals surface area contributed by atoms with Crippen molar-refractivity contribution >= 4 is 27.3 Å². The highest BCUT2D eigenvalue weighted by Crippen LogP contribution is 2.48. The van der Waals surface area contributed by atoms with E-state index in [1.807, 2.05) is 0 Å². The van der Waals surface area contributed by atoms with E-state index in [9.17, 15) is 13.2 Å². The topological polar surface area (TPSA) is 98.5 Å². The van der Waals surface area contributed by atoms with E-state index in [1.165, 1.54) is 0 Å². The van der Waals surface area contributed by atoms with Crippen LogP contribution in [-0.4, -0.2) is 34.6 Å². The van der Waals surface area contributed by atoms with Gasteiger partial charge < -0.3 is 10.1 Å². The average molecular weight is 332 g/mol. The van der Waals surface area contributed by atoms with Gasteiger partial charge in [-0.1, -0.05) is 0 Å². The van der Waals surface area contributed by atoms with Gasteiger partial charge in [0.05, 0.1) is 5.56 Å². The molecule has 0 aromatic carbocycles. The second-order valence-corrected chi connectivity index (χ2v) is 8.17. The standard InChI is InChI=1S/C13H20N2O4S2/c1-9-10(7-20-12(9)21(14,17)18)11(16)15-8-13(3-4-13)5-6-19-2/h7H,3-6,8H2,1-2H3,(H,15,16)(H2,14,17,18). The molecule has 0 unspecified atom stereocenters. The fourth-order valence-corrected chi connectivity index (χ4v) is 4.29. The average Bonchev–Trinajstić information content (AvgIpc) is 3.07. The lowest BCUT2D eigenvalue weighted by molar-refractivity contribution is 0.0937. The Bertz CT molecular complexity index is 633. The number of rotatable bonds is 7. The van der Waals surface area contributed by atoms with Crippen LogP contribution in [0.1, 0.15) is 35.2 Å². The molecule has 1 amide bonds. The molecule has 8 heteroatoms. The summed E-state index contributed by atoms with van der Waals surface area (Å²) in [6, 6.07) is 0. The van der Waals surface area contributed by atoms with Gasteiger partial charge in [0.2, 0.25) is 10.0 Å². The summed E-state index contributed by atoms with van der Waals surface area (Å²) in [7, 11) is -2.10. The minimum absolute atomic E-state index is 0.0492. The third kappa shape index (κ3) is 3.82. The van der Waals surface area contributed by atoms with Crippen LogP contribution in [0.3, 0.4) is 0 Å². The van der Waals surface area contributed by atoms with Gasteiger partial charge in [0.1, 0.15) is 4.21 Å². The van der Waals surface area contributed by atoms with Crippen LogP contribution in [-0.2, 0) is 14.8 Å². The highest BCUT2D eigenvalue weighted by Gasteiger charge is 2.42. The molecular weight excluding hydrogens is 312 g/mol. The molecule has 0 atom stereocenters. The predicted octanol–water partition coefficient (Wildman–Crippen LogP) is 1.25. The van der Waals surface area contributed by atoms with Crippen molar-refractivity contribution in [2.45, 2.75) is 30.4 Å². The number of nitrogens with one attached hydrogen (secondary N) is 1. The maximum absolute atomic E-state index is 12.2. The molecule has 21 heavy (non-hydrogen) atoms. The summed E-state index contributed by atoms with van der Waals surface area (Å²) >= 11 is 0.980. The molecule has 1 saturated carbocycles. The van der Waals surface area contributed by atoms with Crippen LogP contribution < -0.4 is 10.5 Å². The molecule has 1 aromatic rings. The summed E-state index contributed by atoms with van der Waals surface area (Å²) in [5, 5.41) is 9.55. The minimum atomic E-state index is -3.77. The molecule has 2 rings (SSSR count). The van der Waals surface area contributed by atoms with Crippen LogP contribution in [0.5, 0.6) is 0 Å². The lowest BCUT2D eigenvalue weighted by atomic mass is 10.0. The summed E-state index contributed by atoms with van der Waals surface area (Å²) in [5.41, 5.74) is 0.951. The van der Waals surface area contributed by atoms with E-state index in [0.717, 1.165) is 30.6 Å². The smallest absolute Gasteiger partial charge is 0.252 e. The molecule has 0 aliphatic heterocycles. The Morgan fingerprint density at radius 3 is 2.67 bits per heavy atom. The fraction of sp³-hybridized carbons (Fsp3) is 0.615. The Labute approximate surface area is 128 Å². The van der Waals surface area contributed by atoms with E-state index in [2.05, 4.69) is 5.32 Å². The number of thiophene rings is 1. The van der Waals surface area contributed by atoms with Gasteiger partial charge in [0.15, 0.2) is 0 Å². The van der Waals surface area contributed by atoms with Gasteiger partial charge in [0, 0.05) is 25.6 Å². The van der Waals surface area contributed by atoms with Gasteiger partial charge in [-0.15, -0.1) is 11.3 Å². The zero-order chi connectivity index (χ0) is 15.7. The van der Waals surface area contributed by atoms with Crippen molar-refractivity contribution in [3.05, 3.63) is 16.5 Å². The highest BCUT2D eigenvalue weighted by molar-refractivity contribution is 7.91. The largest absolute Gasteiger partial charge is 0.385 e. The summed E-state index contributed by atoms with van der Waals surface area (Å²) in [5.74, 6) is -0.248. The van der Waals surface area contributed by atoms with Gasteiger partial charge in [-0.05, 0) is 37.2 Å². The lowest BCUT2D eigenvalue weighted by Crippen LogP contribution is -2.31. The molecule has 0 bridgehead atoms. The van der Waals surface area contributed by atoms with Crippen LogP contribution in [0.2, 0.25) is 0 Å². The normalized spacial score (nSPS) is 16.7. The molecule has 3 N–H and O–H groups in total. The maximum atomic E-state index is 12.2. The van der Waals surface area contributed by atoms with Crippen molar-refractivity contribution in [3.63, 3.8) is 0 Å². The first kappa shape index (κ1) is 16.4. The molecule has 0 saturated heterocycles. The van der Waals surface area contributed by atoms with Crippen molar-refractivity contribution < 1.29 is 17.9 Å². The fourth-order valence-electron chi connectivity index (χ4n) is 2.28. The SMILES string of the molecule is COCCC1(CNC(=O)c2csc(S(N)(=O)=O)c2C)CC1. The zero-order valence-electron chi connectivity index (χ0n) is 12.1. The van der Waals surface area contributed by atoms with E-state index in [1.54, 1.807) is 19.4 Å². The third-order valence-electron chi connectivity index (χ3n) is 3.91. The number of sulfonamides is 1. The quantitative estimate of drug-likeness (QED) is 0.785. The predicted molar refractivity (Wildman–Crippen MR) is 80.9 cm³/mol. The van der Waals surface area contributed by atoms with Gasteiger partial charge in [-0.25, -0.2) is 13.6 Å². The van der Waals surface area contributed by atoms with Crippen LogP contribution in [0, 0.1) is 12.3 Å². The number of ether oxygens (including phenoxy) is 1. The van der Waals surface area contributed by atoms with Crippen LogP contribution >= 0.6 is 11.3 Å². The highest BCUT2D eigenvalue weighted by atomic mass is 32.2. The Hall–Kier alpha value is -0.960. The Kier molecular flexibility index (Phi) is 4.72. The zero-order valence-corrected chi connectivity index (χ0v) is 13.8. The Morgan fingerprint density at radius 1 is 1.52 bits per heavy atom. The molecule has 0 radical (unpaired) electrons. The maximum Gasteiger partial charge on any atom is 0.252 e. The molecule has 1 aromatic heterocycles. The number of hydrogen-bond donors (Lipinski definition) is 2. The Balaban J connectivity index is 2.00. The van der Waals surface area contributed by atoms with Crippen molar-refractivity contribution in [2.75, 3.05) is 20.3 Å². The molecule has 1 aliphatic rings. The van der Waals surface area contributed by atoms with Crippen LogP contribution in [0.4, 0.5) is 0 Å². The van der Waals surface area contributed by atoms with Crippen LogP contribution in [0.15, 0.2) is 9.59 Å². The molecule has 6 nitrogen and oxygen atoms in total. The van der Waals surface area contributed by atoms with Crippen molar-refractivity contribution in [1.82, 2.24) is 5.32 Å². The van der Waals surface area contributed by atoms with Crippen molar-refractivity contribution in [2.24, 2.45) is 10.6 Å². The second-order valence-electron chi connectivity index (χ2n) is 5.53. The number of methoxy groups -OCH3 is 1. The number of primary sulfonamides is 1. The molecule has 1 heterocycles. The number of hydrogen-bond acceptors (Lipinski definition) is 5. The lowest BCUT2D eigenvalue weighted by Gasteiger charge is -2.15. The first-order chi connectivity index (χ1) is 9.79. The summed E-state index contributed by atoms with van der Waals surface area (Å²) in [6.07, 6.45) is 3.10. The first-order valence-corrected chi connectivity index (χ1v) is 9.10. The number of amides is 1. The third-order valence-corrected chi connectivity index (χ3v) is 6.60. The number of carbonyl (C=O) groups excluding carboxylic acids is 1. The van der Waals surface area contributed by atoms with Crippen molar-refractivity contribution in [3.8, 4) is 0 Å². The van der Waals surface area contributed by atoms with E-state index in [-0.39, 0.29) is 15.5 Å².